The Bertz CT molecular complexity index is 1050. The van der Waals surface area contributed by atoms with Crippen molar-refractivity contribution in [2.45, 2.75) is 44.8 Å². The molecule has 0 bridgehead atoms. The van der Waals surface area contributed by atoms with E-state index in [1.807, 2.05) is 38.1 Å². The Kier molecular flexibility index (Phi) is 4.75. The molecule has 2 aromatic carbocycles. The molecule has 2 heterocycles. The molecule has 1 aliphatic rings. The molecule has 0 saturated heterocycles. The van der Waals surface area contributed by atoms with Crippen LogP contribution < -0.4 is 5.32 Å². The number of benzene rings is 2. The number of thioether (sulfide) groups is 1. The fourth-order valence-corrected chi connectivity index (χ4v) is 4.62. The molecule has 0 aliphatic carbocycles. The number of hydrogen-bond donors (Lipinski definition) is 1. The topological polar surface area (TPSA) is 59.8 Å². The highest BCUT2D eigenvalue weighted by Gasteiger charge is 2.34. The minimum absolute atomic E-state index is 0.0370. The first-order chi connectivity index (χ1) is 13.4. The summed E-state index contributed by atoms with van der Waals surface area (Å²) in [6.07, 6.45) is 0.913. The zero-order valence-corrected chi connectivity index (χ0v) is 17.4. The highest BCUT2D eigenvalue weighted by atomic mass is 32.2. The van der Waals surface area contributed by atoms with Crippen molar-refractivity contribution in [3.63, 3.8) is 0 Å². The Morgan fingerprint density at radius 1 is 1.14 bits per heavy atom. The molecule has 1 amide bonds. The molecule has 0 fully saturated rings. The van der Waals surface area contributed by atoms with E-state index in [1.54, 1.807) is 0 Å². The van der Waals surface area contributed by atoms with E-state index >= 15 is 0 Å². The van der Waals surface area contributed by atoms with Crippen LogP contribution in [0, 0.1) is 13.8 Å². The molecule has 6 heteroatoms. The van der Waals surface area contributed by atoms with Crippen molar-refractivity contribution in [1.82, 2.24) is 14.8 Å². The van der Waals surface area contributed by atoms with Crippen molar-refractivity contribution in [3.8, 4) is 11.4 Å². The third kappa shape index (κ3) is 3.33. The second kappa shape index (κ2) is 7.09. The summed E-state index contributed by atoms with van der Waals surface area (Å²) in [4.78, 5) is 12.5. The molecule has 28 heavy (non-hydrogen) atoms. The van der Waals surface area contributed by atoms with Crippen LogP contribution in [-0.4, -0.2) is 26.4 Å². The Morgan fingerprint density at radius 2 is 1.93 bits per heavy atom. The summed E-state index contributed by atoms with van der Waals surface area (Å²) >= 11 is 1.43. The Morgan fingerprint density at radius 3 is 2.75 bits per heavy atom. The largest absolute Gasteiger partial charge is 0.325 e. The quantitative estimate of drug-likeness (QED) is 0.660. The second-order valence-corrected chi connectivity index (χ2v) is 8.81. The molecule has 4 rings (SSSR count). The summed E-state index contributed by atoms with van der Waals surface area (Å²) in [5.74, 6) is 1.14. The molecule has 0 unspecified atom stereocenters. The molecule has 1 aromatic heterocycles. The summed E-state index contributed by atoms with van der Waals surface area (Å²) in [7, 11) is 0. The standard InChI is InChI=1S/C22H24N4OS/c1-14-8-7-11-18(15(14)2)23-19(27)13-28-21-25-24-20-17-10-6-5-9-16(17)12-22(3,4)26(20)21/h5-11H,12-13H2,1-4H3,(H,23,27). The van der Waals surface area contributed by atoms with Crippen molar-refractivity contribution in [2.24, 2.45) is 0 Å². The first kappa shape index (κ1) is 18.7. The molecule has 3 aromatic rings. The third-order valence-corrected chi connectivity index (χ3v) is 6.26. The molecule has 0 radical (unpaired) electrons. The summed E-state index contributed by atoms with van der Waals surface area (Å²) in [5, 5.41) is 12.6. The average molecular weight is 393 g/mol. The fraction of sp³-hybridized carbons (Fsp3) is 0.318. The molecule has 1 aliphatic heterocycles. The normalized spacial score (nSPS) is 14.3. The molecule has 1 N–H and O–H groups in total. The molecule has 0 atom stereocenters. The predicted molar refractivity (Wildman–Crippen MR) is 114 cm³/mol. The third-order valence-electron chi connectivity index (χ3n) is 5.33. The van der Waals surface area contributed by atoms with Crippen LogP contribution in [-0.2, 0) is 16.8 Å². The number of aromatic nitrogens is 3. The molecule has 0 spiro atoms. The second-order valence-electron chi connectivity index (χ2n) is 7.87. The lowest BCUT2D eigenvalue weighted by Gasteiger charge is -2.34. The highest BCUT2D eigenvalue weighted by Crippen LogP contribution is 2.39. The van der Waals surface area contributed by atoms with E-state index in [0.717, 1.165) is 39.8 Å². The molecular weight excluding hydrogens is 368 g/mol. The maximum atomic E-state index is 12.5. The number of nitrogens with one attached hydrogen (secondary N) is 1. The van der Waals surface area contributed by atoms with Gasteiger partial charge in [0.05, 0.1) is 5.75 Å². The van der Waals surface area contributed by atoms with Crippen molar-refractivity contribution in [1.29, 1.82) is 0 Å². The minimum Gasteiger partial charge on any atom is -0.325 e. The van der Waals surface area contributed by atoms with Crippen molar-refractivity contribution in [3.05, 3.63) is 59.2 Å². The van der Waals surface area contributed by atoms with Crippen LogP contribution >= 0.6 is 11.8 Å². The van der Waals surface area contributed by atoms with E-state index in [-0.39, 0.29) is 11.4 Å². The molecule has 5 nitrogen and oxygen atoms in total. The van der Waals surface area contributed by atoms with Crippen molar-refractivity contribution < 1.29 is 4.79 Å². The molecular formula is C22H24N4OS. The first-order valence-corrected chi connectivity index (χ1v) is 10.4. The van der Waals surface area contributed by atoms with Crippen LogP contribution in [0.1, 0.15) is 30.5 Å². The van der Waals surface area contributed by atoms with Crippen LogP contribution in [0.15, 0.2) is 47.6 Å². The van der Waals surface area contributed by atoms with Gasteiger partial charge in [-0.3, -0.25) is 9.36 Å². The smallest absolute Gasteiger partial charge is 0.234 e. The van der Waals surface area contributed by atoms with E-state index in [4.69, 9.17) is 0 Å². The fourth-order valence-electron chi connectivity index (χ4n) is 3.72. The lowest BCUT2D eigenvalue weighted by Crippen LogP contribution is -2.33. The van der Waals surface area contributed by atoms with Crippen LogP contribution in [0.5, 0.6) is 0 Å². The number of carbonyl (C=O) groups is 1. The van der Waals surface area contributed by atoms with E-state index in [2.05, 4.69) is 52.1 Å². The van der Waals surface area contributed by atoms with Gasteiger partial charge >= 0.3 is 0 Å². The number of aryl methyl sites for hydroxylation is 1. The summed E-state index contributed by atoms with van der Waals surface area (Å²) in [5.41, 5.74) is 5.40. The number of nitrogens with zero attached hydrogens (tertiary/aromatic N) is 3. The van der Waals surface area contributed by atoms with E-state index in [1.165, 1.54) is 17.3 Å². The SMILES string of the molecule is Cc1cccc(NC(=O)CSc2nnc3n2C(C)(C)Cc2ccccc2-3)c1C. The van der Waals surface area contributed by atoms with Gasteiger partial charge in [0, 0.05) is 16.8 Å². The van der Waals surface area contributed by atoms with E-state index in [9.17, 15) is 4.79 Å². The lowest BCUT2D eigenvalue weighted by atomic mass is 9.87. The molecule has 144 valence electrons. The van der Waals surface area contributed by atoms with Crippen LogP contribution in [0.25, 0.3) is 11.4 Å². The number of anilines is 1. The summed E-state index contributed by atoms with van der Waals surface area (Å²) in [6, 6.07) is 14.3. The predicted octanol–water partition coefficient (Wildman–Crippen LogP) is 4.58. The zero-order valence-electron chi connectivity index (χ0n) is 16.6. The Hall–Kier alpha value is -2.60. The van der Waals surface area contributed by atoms with Gasteiger partial charge in [0.2, 0.25) is 5.91 Å². The van der Waals surface area contributed by atoms with Gasteiger partial charge in [0.25, 0.3) is 0 Å². The lowest BCUT2D eigenvalue weighted by molar-refractivity contribution is -0.113. The van der Waals surface area contributed by atoms with Gasteiger partial charge < -0.3 is 5.32 Å². The first-order valence-electron chi connectivity index (χ1n) is 9.40. The van der Waals surface area contributed by atoms with E-state index in [0.29, 0.717) is 5.75 Å². The van der Waals surface area contributed by atoms with Crippen molar-refractivity contribution in [2.75, 3.05) is 11.1 Å². The highest BCUT2D eigenvalue weighted by molar-refractivity contribution is 7.99. The summed E-state index contributed by atoms with van der Waals surface area (Å²) in [6.45, 7) is 8.45. The van der Waals surface area contributed by atoms with Gasteiger partial charge in [-0.1, -0.05) is 48.2 Å². The summed E-state index contributed by atoms with van der Waals surface area (Å²) < 4.78 is 2.17. The number of fused-ring (bicyclic) bond motifs is 3. The van der Waals surface area contributed by atoms with Crippen LogP contribution in [0.4, 0.5) is 5.69 Å². The van der Waals surface area contributed by atoms with Crippen molar-refractivity contribution >= 4 is 23.4 Å². The Labute approximate surface area is 169 Å². The average Bonchev–Trinajstić information content (AvgIpc) is 3.09. The number of carbonyl (C=O) groups excluding carboxylic acids is 1. The zero-order chi connectivity index (χ0) is 19.9. The minimum atomic E-state index is -0.140. The molecule has 0 saturated carbocycles. The number of amides is 1. The van der Waals surface area contributed by atoms with Gasteiger partial charge in [0.15, 0.2) is 11.0 Å². The number of rotatable bonds is 4. The van der Waals surface area contributed by atoms with Gasteiger partial charge in [-0.2, -0.15) is 0 Å². The van der Waals surface area contributed by atoms with Gasteiger partial charge in [-0.25, -0.2) is 0 Å². The maximum Gasteiger partial charge on any atom is 0.234 e. The maximum absolute atomic E-state index is 12.5. The van der Waals surface area contributed by atoms with Gasteiger partial charge in [0.1, 0.15) is 0 Å². The number of hydrogen-bond acceptors (Lipinski definition) is 4. The monoisotopic (exact) mass is 392 g/mol. The van der Waals surface area contributed by atoms with Crippen LogP contribution in [0.3, 0.4) is 0 Å². The van der Waals surface area contributed by atoms with Gasteiger partial charge in [-0.05, 0) is 56.9 Å². The van der Waals surface area contributed by atoms with Crippen LogP contribution in [0.2, 0.25) is 0 Å². The Balaban J connectivity index is 1.54. The van der Waals surface area contributed by atoms with E-state index < -0.39 is 0 Å². The van der Waals surface area contributed by atoms with Gasteiger partial charge in [-0.15, -0.1) is 10.2 Å².